The fraction of sp³-hybridized carbons (Fsp3) is 0.581. The van der Waals surface area contributed by atoms with Crippen molar-refractivity contribution in [2.45, 2.75) is 104 Å². The number of benzene rings is 2. The van der Waals surface area contributed by atoms with Gasteiger partial charge in [0.05, 0.1) is 29.2 Å². The Morgan fingerprint density at radius 1 is 0.805 bits per heavy atom. The summed E-state index contributed by atoms with van der Waals surface area (Å²) in [5.41, 5.74) is 2.37. The molecule has 0 aromatic heterocycles. The molecule has 2 aromatic rings. The highest BCUT2D eigenvalue weighted by Gasteiger charge is 2.37. The molecular weight excluding hydrogens is 543 g/mol. The average Bonchev–Trinajstić information content (AvgIpc) is 2.87. The van der Waals surface area contributed by atoms with Gasteiger partial charge in [0.1, 0.15) is 12.7 Å². The molecule has 228 valence electrons. The quantitative estimate of drug-likeness (QED) is 0.118. The van der Waals surface area contributed by atoms with Gasteiger partial charge in [-0.2, -0.15) is 10.2 Å². The second kappa shape index (κ2) is 16.3. The first-order chi connectivity index (χ1) is 19.2. The van der Waals surface area contributed by atoms with Crippen LogP contribution in [0.3, 0.4) is 0 Å². The van der Waals surface area contributed by atoms with Crippen LogP contribution in [-0.4, -0.2) is 41.6 Å². The maximum absolute atomic E-state index is 13.0. The van der Waals surface area contributed by atoms with Gasteiger partial charge in [-0.15, -0.1) is 0 Å². The van der Waals surface area contributed by atoms with Gasteiger partial charge in [0.25, 0.3) is 0 Å². The Morgan fingerprint density at radius 3 is 1.71 bits per heavy atom. The van der Waals surface area contributed by atoms with E-state index in [-0.39, 0.29) is 19.6 Å². The van der Waals surface area contributed by atoms with E-state index in [1.807, 2.05) is 36.4 Å². The zero-order chi connectivity index (χ0) is 30.5. The number of carbonyl (C=O) groups is 1. The van der Waals surface area contributed by atoms with Crippen LogP contribution in [0.1, 0.15) is 85.3 Å². The molecule has 0 aliphatic carbocycles. The number of rotatable bonds is 16. The number of hydrogen-bond donors (Lipinski definition) is 1. The molecule has 10 heteroatoms. The normalized spacial score (nSPS) is 13.5. The van der Waals surface area contributed by atoms with Crippen LogP contribution in [0.4, 0.5) is 11.4 Å². The van der Waals surface area contributed by atoms with Crippen molar-refractivity contribution in [3.05, 3.63) is 59.7 Å². The SMILES string of the molecule is CCCCc1ccc(N=Nc2ccc(CCCC(=O)OC[C@@H](O)COP(=O)(OC(C)(C)C)OC(C)(C)C)cc2)cc1. The lowest BCUT2D eigenvalue weighted by molar-refractivity contribution is -0.147. The third-order valence-corrected chi connectivity index (χ3v) is 7.46. The van der Waals surface area contributed by atoms with Gasteiger partial charge in [-0.1, -0.05) is 37.6 Å². The first-order valence-corrected chi connectivity index (χ1v) is 15.7. The summed E-state index contributed by atoms with van der Waals surface area (Å²) in [7, 11) is -3.96. The molecule has 0 radical (unpaired) electrons. The van der Waals surface area contributed by atoms with Crippen LogP contribution in [0, 0.1) is 0 Å². The predicted molar refractivity (Wildman–Crippen MR) is 161 cm³/mol. The summed E-state index contributed by atoms with van der Waals surface area (Å²) in [5.74, 6) is -0.435. The van der Waals surface area contributed by atoms with Gasteiger partial charge in [-0.25, -0.2) is 4.57 Å². The summed E-state index contributed by atoms with van der Waals surface area (Å²) in [5, 5.41) is 18.8. The fourth-order valence-electron chi connectivity index (χ4n) is 3.62. The number of phosphoric acid groups is 1. The molecule has 0 unspecified atom stereocenters. The van der Waals surface area contributed by atoms with E-state index in [0.29, 0.717) is 12.8 Å². The summed E-state index contributed by atoms with van der Waals surface area (Å²) in [6.07, 6.45) is 3.73. The van der Waals surface area contributed by atoms with E-state index in [2.05, 4.69) is 29.3 Å². The van der Waals surface area contributed by atoms with Crippen LogP contribution in [0.15, 0.2) is 58.8 Å². The van der Waals surface area contributed by atoms with E-state index in [1.165, 1.54) is 18.4 Å². The number of ether oxygens (including phenoxy) is 1. The fourth-order valence-corrected chi connectivity index (χ4v) is 5.46. The van der Waals surface area contributed by atoms with Gasteiger partial charge in [0, 0.05) is 6.42 Å². The maximum atomic E-state index is 13.0. The topological polar surface area (TPSA) is 116 Å². The molecule has 0 saturated carbocycles. The summed E-state index contributed by atoms with van der Waals surface area (Å²) in [6, 6.07) is 15.9. The lowest BCUT2D eigenvalue weighted by Gasteiger charge is -2.31. The van der Waals surface area contributed by atoms with Crippen molar-refractivity contribution in [3.63, 3.8) is 0 Å². The second-order valence-corrected chi connectivity index (χ2v) is 13.5. The number of phosphoric ester groups is 1. The summed E-state index contributed by atoms with van der Waals surface area (Å²) in [6.45, 7) is 11.9. The molecule has 2 rings (SSSR count). The number of hydrogen-bond acceptors (Lipinski definition) is 9. The Balaban J connectivity index is 1.72. The Hall–Kier alpha value is -2.42. The predicted octanol–water partition coefficient (Wildman–Crippen LogP) is 8.43. The van der Waals surface area contributed by atoms with E-state index in [0.717, 1.165) is 23.4 Å². The van der Waals surface area contributed by atoms with E-state index in [1.54, 1.807) is 41.5 Å². The molecule has 0 amide bonds. The van der Waals surface area contributed by atoms with Gasteiger partial charge < -0.3 is 9.84 Å². The van der Waals surface area contributed by atoms with Crippen LogP contribution in [0.25, 0.3) is 0 Å². The molecule has 0 bridgehead atoms. The molecule has 0 heterocycles. The third-order valence-electron chi connectivity index (χ3n) is 5.45. The summed E-state index contributed by atoms with van der Waals surface area (Å²) >= 11 is 0. The minimum atomic E-state index is -3.96. The lowest BCUT2D eigenvalue weighted by atomic mass is 10.1. The number of aliphatic hydroxyl groups excluding tert-OH is 1. The summed E-state index contributed by atoms with van der Waals surface area (Å²) in [4.78, 5) is 12.2. The van der Waals surface area contributed by atoms with Crippen LogP contribution < -0.4 is 0 Å². The standard InChI is InChI=1S/C31H47N2O7P/c1-8-9-11-24-14-18-26(19-15-24)32-33-27-20-16-25(17-21-27)12-10-13-29(35)37-22-28(34)23-38-41(36,39-30(2,3)4)40-31(5,6)7/h14-21,28,34H,8-13,22-23H2,1-7H3/t28-/m1/s1. The molecule has 0 spiro atoms. The van der Waals surface area contributed by atoms with Gasteiger partial charge >= 0.3 is 13.8 Å². The van der Waals surface area contributed by atoms with E-state index in [4.69, 9.17) is 18.3 Å². The first kappa shape index (κ1) is 34.8. The van der Waals surface area contributed by atoms with E-state index in [9.17, 15) is 14.5 Å². The number of azo groups is 1. The third kappa shape index (κ3) is 15.4. The molecule has 0 aliphatic heterocycles. The van der Waals surface area contributed by atoms with E-state index >= 15 is 0 Å². The van der Waals surface area contributed by atoms with Crippen molar-refractivity contribution in [1.82, 2.24) is 0 Å². The Bertz CT molecular complexity index is 1120. The van der Waals surface area contributed by atoms with Gasteiger partial charge in [-0.05, 0) is 103 Å². The number of aliphatic hydroxyl groups is 1. The van der Waals surface area contributed by atoms with Gasteiger partial charge in [0.15, 0.2) is 0 Å². The van der Waals surface area contributed by atoms with Gasteiger partial charge in [0.2, 0.25) is 0 Å². The number of aryl methyl sites for hydroxylation is 2. The number of esters is 1. The highest BCUT2D eigenvalue weighted by atomic mass is 31.2. The summed E-state index contributed by atoms with van der Waals surface area (Å²) < 4.78 is 34.5. The highest BCUT2D eigenvalue weighted by Crippen LogP contribution is 2.55. The van der Waals surface area contributed by atoms with Crippen molar-refractivity contribution >= 4 is 25.2 Å². The molecule has 0 fully saturated rings. The molecule has 41 heavy (non-hydrogen) atoms. The Morgan fingerprint density at radius 2 is 1.27 bits per heavy atom. The smallest absolute Gasteiger partial charge is 0.463 e. The molecule has 1 atom stereocenters. The highest BCUT2D eigenvalue weighted by molar-refractivity contribution is 7.48. The zero-order valence-electron chi connectivity index (χ0n) is 25.6. The monoisotopic (exact) mass is 590 g/mol. The van der Waals surface area contributed by atoms with Crippen molar-refractivity contribution in [1.29, 1.82) is 0 Å². The van der Waals surface area contributed by atoms with Crippen LogP contribution in [0.2, 0.25) is 0 Å². The van der Waals surface area contributed by atoms with Crippen molar-refractivity contribution < 1.29 is 32.8 Å². The largest absolute Gasteiger partial charge is 0.475 e. The zero-order valence-corrected chi connectivity index (χ0v) is 26.5. The molecule has 2 aromatic carbocycles. The van der Waals surface area contributed by atoms with Crippen molar-refractivity contribution in [2.24, 2.45) is 10.2 Å². The van der Waals surface area contributed by atoms with Crippen molar-refractivity contribution in [2.75, 3.05) is 13.2 Å². The minimum absolute atomic E-state index is 0.196. The van der Waals surface area contributed by atoms with Crippen molar-refractivity contribution in [3.8, 4) is 0 Å². The lowest BCUT2D eigenvalue weighted by Crippen LogP contribution is -2.28. The number of carbonyl (C=O) groups excluding carboxylic acids is 1. The molecule has 1 N–H and O–H groups in total. The van der Waals surface area contributed by atoms with Crippen LogP contribution in [-0.2, 0) is 40.5 Å². The second-order valence-electron chi connectivity index (χ2n) is 12.0. The number of nitrogens with zero attached hydrogens (tertiary/aromatic N) is 2. The number of unbranched alkanes of at least 4 members (excludes halogenated alkanes) is 1. The van der Waals surface area contributed by atoms with E-state index < -0.39 is 31.1 Å². The molecular formula is C31H47N2O7P. The maximum Gasteiger partial charge on any atom is 0.475 e. The Kier molecular flexibility index (Phi) is 13.8. The molecule has 0 saturated heterocycles. The molecule has 9 nitrogen and oxygen atoms in total. The van der Waals surface area contributed by atoms with Gasteiger partial charge in [-0.3, -0.25) is 18.4 Å². The Labute approximate surface area is 245 Å². The van der Waals surface area contributed by atoms with Crippen LogP contribution in [0.5, 0.6) is 0 Å². The average molecular weight is 591 g/mol. The first-order valence-electron chi connectivity index (χ1n) is 14.3. The van der Waals surface area contributed by atoms with Crippen LogP contribution >= 0.6 is 7.82 Å². The minimum Gasteiger partial charge on any atom is -0.463 e. The molecule has 0 aliphatic rings.